The van der Waals surface area contributed by atoms with Crippen LogP contribution in [0.3, 0.4) is 0 Å². The third kappa shape index (κ3) is 4.52. The van der Waals surface area contributed by atoms with Crippen LogP contribution in [0.15, 0.2) is 24.3 Å². The van der Waals surface area contributed by atoms with Gasteiger partial charge in [-0.1, -0.05) is 35.7 Å². The molecule has 0 heterocycles. The van der Waals surface area contributed by atoms with Crippen LogP contribution in [-0.2, 0) is 6.54 Å². The van der Waals surface area contributed by atoms with Gasteiger partial charge in [-0.3, -0.25) is 4.72 Å². The molecule has 0 saturated heterocycles. The van der Waals surface area contributed by atoms with Crippen molar-refractivity contribution in [2.45, 2.75) is 6.54 Å². The van der Waals surface area contributed by atoms with Crippen LogP contribution >= 0.6 is 23.5 Å². The maximum absolute atomic E-state index is 5.76. The van der Waals surface area contributed by atoms with E-state index in [4.69, 9.17) is 11.6 Å². The lowest BCUT2D eigenvalue weighted by molar-refractivity contribution is 0.939. The predicted octanol–water partition coefficient (Wildman–Crippen LogP) is 2.25. The Labute approximate surface area is 88.2 Å². The van der Waals surface area contributed by atoms with E-state index in [0.29, 0.717) is 0 Å². The molecule has 0 fully saturated rings. The third-order valence-electron chi connectivity index (χ3n) is 1.51. The zero-order chi connectivity index (χ0) is 9.52. The van der Waals surface area contributed by atoms with Crippen LogP contribution in [0.5, 0.6) is 0 Å². The minimum atomic E-state index is 0.784. The van der Waals surface area contributed by atoms with E-state index < -0.39 is 0 Å². The summed E-state index contributed by atoms with van der Waals surface area (Å²) in [4.78, 5) is 0. The zero-order valence-corrected chi connectivity index (χ0v) is 9.08. The molecule has 2 N–H and O–H groups in total. The van der Waals surface area contributed by atoms with Crippen LogP contribution in [-0.4, -0.2) is 12.9 Å². The van der Waals surface area contributed by atoms with Gasteiger partial charge in [-0.25, -0.2) is 0 Å². The summed E-state index contributed by atoms with van der Waals surface area (Å²) in [7, 11) is 1.93. The van der Waals surface area contributed by atoms with Crippen molar-refractivity contribution in [2.75, 3.05) is 12.9 Å². The summed E-state index contributed by atoms with van der Waals surface area (Å²) in [6, 6.07) is 7.85. The van der Waals surface area contributed by atoms with E-state index in [-0.39, 0.29) is 0 Å². The van der Waals surface area contributed by atoms with E-state index in [0.717, 1.165) is 17.4 Å². The van der Waals surface area contributed by atoms with Gasteiger partial charge in [0.15, 0.2) is 0 Å². The minimum absolute atomic E-state index is 0.784. The third-order valence-corrected chi connectivity index (χ3v) is 2.54. The Morgan fingerprint density at radius 2 is 2.00 bits per heavy atom. The number of rotatable bonds is 5. The Morgan fingerprint density at radius 1 is 1.31 bits per heavy atom. The molecule has 0 bridgehead atoms. The van der Waals surface area contributed by atoms with Gasteiger partial charge in [0.05, 0.1) is 5.88 Å². The normalized spacial score (nSPS) is 10.3. The fourth-order valence-electron chi connectivity index (χ4n) is 0.860. The van der Waals surface area contributed by atoms with E-state index >= 15 is 0 Å². The van der Waals surface area contributed by atoms with Gasteiger partial charge in [0.25, 0.3) is 0 Å². The van der Waals surface area contributed by atoms with E-state index in [1.807, 2.05) is 31.3 Å². The average molecular weight is 217 g/mol. The number of nitrogens with one attached hydrogen (secondary N) is 2. The molecule has 0 unspecified atom stereocenters. The van der Waals surface area contributed by atoms with Crippen molar-refractivity contribution >= 4 is 23.5 Å². The summed E-state index contributed by atoms with van der Waals surface area (Å²) in [6.45, 7) is 0.865. The molecule has 0 saturated carbocycles. The van der Waals surface area contributed by atoms with E-state index in [2.05, 4.69) is 10.0 Å². The molecule has 13 heavy (non-hydrogen) atoms. The lowest BCUT2D eigenvalue weighted by Crippen LogP contribution is -2.11. The van der Waals surface area contributed by atoms with Crippen molar-refractivity contribution < 1.29 is 0 Å². The maximum Gasteiger partial charge on any atom is 0.0563 e. The summed E-state index contributed by atoms with van der Waals surface area (Å²) < 4.78 is 3.23. The van der Waals surface area contributed by atoms with Crippen LogP contribution in [0.1, 0.15) is 5.56 Å². The fraction of sp³-hybridized carbons (Fsp3) is 0.333. The first-order chi connectivity index (χ1) is 6.33. The van der Waals surface area contributed by atoms with Crippen LogP contribution in [0, 0.1) is 0 Å². The van der Waals surface area contributed by atoms with Gasteiger partial charge in [0.1, 0.15) is 0 Å². The van der Waals surface area contributed by atoms with Gasteiger partial charge in [0.2, 0.25) is 0 Å². The highest BCUT2D eigenvalue weighted by atomic mass is 35.5. The number of hydrogen-bond donors (Lipinski definition) is 2. The smallest absolute Gasteiger partial charge is 0.0563 e. The highest BCUT2D eigenvalue weighted by molar-refractivity contribution is 7.97. The standard InChI is InChI=1S/C9H13ClN2S/c1-11-7-13-12-6-8-2-4-9(10)5-3-8/h2-5,11-12H,6-7H2,1H3. The van der Waals surface area contributed by atoms with Crippen molar-refractivity contribution in [2.24, 2.45) is 0 Å². The molecule has 4 heteroatoms. The van der Waals surface area contributed by atoms with Crippen molar-refractivity contribution in [3.05, 3.63) is 34.9 Å². The van der Waals surface area contributed by atoms with E-state index in [1.54, 1.807) is 11.9 Å². The summed E-state index contributed by atoms with van der Waals surface area (Å²) in [5.41, 5.74) is 1.24. The summed E-state index contributed by atoms with van der Waals surface area (Å²) >= 11 is 7.42. The zero-order valence-electron chi connectivity index (χ0n) is 7.51. The first kappa shape index (κ1) is 10.9. The molecule has 0 radical (unpaired) electrons. The highest BCUT2D eigenvalue weighted by Crippen LogP contribution is 2.09. The minimum Gasteiger partial charge on any atom is -0.310 e. The molecule has 1 rings (SSSR count). The first-order valence-electron chi connectivity index (χ1n) is 4.06. The average Bonchev–Trinajstić information content (AvgIpc) is 2.15. The molecule has 2 nitrogen and oxygen atoms in total. The van der Waals surface area contributed by atoms with Crippen molar-refractivity contribution in [3.8, 4) is 0 Å². The Hall–Kier alpha value is -0.220. The quantitative estimate of drug-likeness (QED) is 0.449. The number of hydrogen-bond acceptors (Lipinski definition) is 3. The van der Waals surface area contributed by atoms with Gasteiger partial charge in [0, 0.05) is 11.6 Å². The van der Waals surface area contributed by atoms with Crippen LogP contribution in [0.4, 0.5) is 0 Å². The molecule has 1 aromatic carbocycles. The summed E-state index contributed by atoms with van der Waals surface area (Å²) in [5.74, 6) is 0.910. The second-order valence-corrected chi connectivity index (χ2v) is 3.89. The lowest BCUT2D eigenvalue weighted by atomic mass is 10.2. The second kappa shape index (κ2) is 6.27. The van der Waals surface area contributed by atoms with Gasteiger partial charge < -0.3 is 5.32 Å². The molecular formula is C9H13ClN2S. The van der Waals surface area contributed by atoms with E-state index in [9.17, 15) is 0 Å². The molecule has 0 amide bonds. The van der Waals surface area contributed by atoms with Crippen molar-refractivity contribution in [1.82, 2.24) is 10.0 Å². The second-order valence-electron chi connectivity index (χ2n) is 2.59. The number of halogens is 1. The highest BCUT2D eigenvalue weighted by Gasteiger charge is 1.91. The monoisotopic (exact) mass is 216 g/mol. The van der Waals surface area contributed by atoms with Crippen LogP contribution < -0.4 is 10.0 Å². The molecule has 0 aliphatic carbocycles. The molecular weight excluding hydrogens is 204 g/mol. The summed E-state index contributed by atoms with van der Waals surface area (Å²) in [6.07, 6.45) is 0. The first-order valence-corrected chi connectivity index (χ1v) is 5.43. The van der Waals surface area contributed by atoms with Gasteiger partial charge >= 0.3 is 0 Å². The van der Waals surface area contributed by atoms with Crippen LogP contribution in [0.25, 0.3) is 0 Å². The SMILES string of the molecule is CNCSNCc1ccc(Cl)cc1. The largest absolute Gasteiger partial charge is 0.310 e. The van der Waals surface area contributed by atoms with Crippen molar-refractivity contribution in [3.63, 3.8) is 0 Å². The van der Waals surface area contributed by atoms with Gasteiger partial charge in [-0.2, -0.15) is 0 Å². The van der Waals surface area contributed by atoms with E-state index in [1.165, 1.54) is 5.56 Å². The molecule has 0 atom stereocenters. The Morgan fingerprint density at radius 3 is 2.62 bits per heavy atom. The topological polar surface area (TPSA) is 24.1 Å². The van der Waals surface area contributed by atoms with Crippen molar-refractivity contribution in [1.29, 1.82) is 0 Å². The van der Waals surface area contributed by atoms with Gasteiger partial charge in [-0.05, 0) is 24.7 Å². The Balaban J connectivity index is 2.25. The number of benzene rings is 1. The van der Waals surface area contributed by atoms with Crippen LogP contribution in [0.2, 0.25) is 5.02 Å². The molecule has 0 aromatic heterocycles. The molecule has 72 valence electrons. The molecule has 0 aliphatic heterocycles. The Bertz CT molecular complexity index is 238. The fourth-order valence-corrected chi connectivity index (χ4v) is 1.50. The molecule has 1 aromatic rings. The molecule has 0 aliphatic rings. The maximum atomic E-state index is 5.76. The lowest BCUT2D eigenvalue weighted by Gasteiger charge is -2.03. The Kier molecular flexibility index (Phi) is 5.23. The predicted molar refractivity (Wildman–Crippen MR) is 59.8 cm³/mol. The summed E-state index contributed by atoms with van der Waals surface area (Å²) in [5, 5.41) is 3.83. The van der Waals surface area contributed by atoms with Gasteiger partial charge in [-0.15, -0.1) is 0 Å². The molecule has 0 spiro atoms.